The standard InChI is InChI=1S/C14H17N3O/c1-9-5-6-10(2)12(7-9)18-14-11(3)13(15-4)16-8-17-14/h5-8H,1-4H3,(H,15,16,17). The Balaban J connectivity index is 2.37. The molecule has 2 aromatic rings. The van der Waals surface area contributed by atoms with E-state index in [1.807, 2.05) is 40.0 Å². The second-order valence-corrected chi connectivity index (χ2v) is 4.27. The number of ether oxygens (including phenoxy) is 1. The summed E-state index contributed by atoms with van der Waals surface area (Å²) in [6.07, 6.45) is 1.50. The number of aromatic nitrogens is 2. The van der Waals surface area contributed by atoms with Crippen LogP contribution in [0.3, 0.4) is 0 Å². The van der Waals surface area contributed by atoms with Crippen LogP contribution in [0.5, 0.6) is 11.6 Å². The molecular weight excluding hydrogens is 226 g/mol. The van der Waals surface area contributed by atoms with Gasteiger partial charge in [0, 0.05) is 7.05 Å². The van der Waals surface area contributed by atoms with E-state index in [1.165, 1.54) is 6.33 Å². The van der Waals surface area contributed by atoms with E-state index in [1.54, 1.807) is 0 Å². The molecule has 4 nitrogen and oxygen atoms in total. The highest BCUT2D eigenvalue weighted by molar-refractivity contribution is 5.49. The SMILES string of the molecule is CNc1ncnc(Oc2cc(C)ccc2C)c1C. The topological polar surface area (TPSA) is 47.0 Å². The van der Waals surface area contributed by atoms with E-state index in [0.717, 1.165) is 28.3 Å². The van der Waals surface area contributed by atoms with Gasteiger partial charge in [-0.3, -0.25) is 0 Å². The van der Waals surface area contributed by atoms with Crippen molar-refractivity contribution in [1.82, 2.24) is 9.97 Å². The third-order valence-electron chi connectivity index (χ3n) is 2.82. The predicted molar refractivity (Wildman–Crippen MR) is 72.3 cm³/mol. The highest BCUT2D eigenvalue weighted by Crippen LogP contribution is 2.28. The van der Waals surface area contributed by atoms with Crippen molar-refractivity contribution < 1.29 is 4.74 Å². The zero-order valence-corrected chi connectivity index (χ0v) is 11.1. The van der Waals surface area contributed by atoms with Crippen molar-refractivity contribution in [2.75, 3.05) is 12.4 Å². The van der Waals surface area contributed by atoms with E-state index < -0.39 is 0 Å². The summed E-state index contributed by atoms with van der Waals surface area (Å²) in [7, 11) is 1.83. The van der Waals surface area contributed by atoms with E-state index in [2.05, 4.69) is 21.4 Å². The number of nitrogens with one attached hydrogen (secondary N) is 1. The second kappa shape index (κ2) is 5.04. The lowest BCUT2D eigenvalue weighted by atomic mass is 10.1. The summed E-state index contributed by atoms with van der Waals surface area (Å²) < 4.78 is 5.87. The average Bonchev–Trinajstić information content (AvgIpc) is 2.36. The summed E-state index contributed by atoms with van der Waals surface area (Å²) in [4.78, 5) is 8.32. The van der Waals surface area contributed by atoms with Gasteiger partial charge in [0.15, 0.2) is 0 Å². The average molecular weight is 243 g/mol. The number of hydrogen-bond acceptors (Lipinski definition) is 4. The smallest absolute Gasteiger partial charge is 0.227 e. The Morgan fingerprint density at radius 2 is 1.89 bits per heavy atom. The largest absolute Gasteiger partial charge is 0.438 e. The molecule has 0 aliphatic rings. The van der Waals surface area contributed by atoms with Crippen LogP contribution in [0.2, 0.25) is 0 Å². The van der Waals surface area contributed by atoms with Crippen LogP contribution in [0.15, 0.2) is 24.5 Å². The summed E-state index contributed by atoms with van der Waals surface area (Å²) in [5.41, 5.74) is 3.15. The lowest BCUT2D eigenvalue weighted by Crippen LogP contribution is -2.00. The zero-order valence-electron chi connectivity index (χ0n) is 11.1. The molecule has 1 N–H and O–H groups in total. The maximum Gasteiger partial charge on any atom is 0.227 e. The van der Waals surface area contributed by atoms with Crippen molar-refractivity contribution in [2.24, 2.45) is 0 Å². The molecule has 0 saturated heterocycles. The van der Waals surface area contributed by atoms with E-state index in [4.69, 9.17) is 4.74 Å². The van der Waals surface area contributed by atoms with Gasteiger partial charge in [-0.1, -0.05) is 12.1 Å². The third-order valence-corrected chi connectivity index (χ3v) is 2.82. The van der Waals surface area contributed by atoms with E-state index in [0.29, 0.717) is 5.88 Å². The number of nitrogens with zero attached hydrogens (tertiary/aromatic N) is 2. The lowest BCUT2D eigenvalue weighted by Gasteiger charge is -2.12. The van der Waals surface area contributed by atoms with E-state index in [-0.39, 0.29) is 0 Å². The molecule has 0 fully saturated rings. The minimum absolute atomic E-state index is 0.586. The van der Waals surface area contributed by atoms with Crippen LogP contribution in [-0.4, -0.2) is 17.0 Å². The van der Waals surface area contributed by atoms with Gasteiger partial charge in [-0.2, -0.15) is 0 Å². The first kappa shape index (κ1) is 12.4. The molecule has 1 aromatic heterocycles. The second-order valence-electron chi connectivity index (χ2n) is 4.27. The maximum atomic E-state index is 5.87. The molecule has 0 amide bonds. The zero-order chi connectivity index (χ0) is 13.1. The van der Waals surface area contributed by atoms with Crippen LogP contribution in [0, 0.1) is 20.8 Å². The van der Waals surface area contributed by atoms with Crippen molar-refractivity contribution in [2.45, 2.75) is 20.8 Å². The van der Waals surface area contributed by atoms with Crippen LogP contribution < -0.4 is 10.1 Å². The van der Waals surface area contributed by atoms with Crippen molar-refractivity contribution in [3.63, 3.8) is 0 Å². The van der Waals surface area contributed by atoms with Crippen molar-refractivity contribution in [3.8, 4) is 11.6 Å². The van der Waals surface area contributed by atoms with Gasteiger partial charge < -0.3 is 10.1 Å². The fourth-order valence-electron chi connectivity index (χ4n) is 1.71. The fraction of sp³-hybridized carbons (Fsp3) is 0.286. The number of benzene rings is 1. The van der Waals surface area contributed by atoms with Crippen molar-refractivity contribution in [1.29, 1.82) is 0 Å². The molecule has 4 heteroatoms. The van der Waals surface area contributed by atoms with Gasteiger partial charge in [0.05, 0.1) is 5.56 Å². The summed E-state index contributed by atoms with van der Waals surface area (Å²) >= 11 is 0. The Labute approximate surface area is 107 Å². The summed E-state index contributed by atoms with van der Waals surface area (Å²) in [6.45, 7) is 5.99. The van der Waals surface area contributed by atoms with Gasteiger partial charge in [0.1, 0.15) is 17.9 Å². The first-order chi connectivity index (χ1) is 8.61. The summed E-state index contributed by atoms with van der Waals surface area (Å²) in [5, 5.41) is 3.02. The Morgan fingerprint density at radius 3 is 2.61 bits per heavy atom. The van der Waals surface area contributed by atoms with Gasteiger partial charge in [0.25, 0.3) is 0 Å². The molecule has 0 aliphatic carbocycles. The molecule has 0 saturated carbocycles. The Hall–Kier alpha value is -2.10. The van der Waals surface area contributed by atoms with Crippen LogP contribution in [0.4, 0.5) is 5.82 Å². The van der Waals surface area contributed by atoms with Gasteiger partial charge in [-0.25, -0.2) is 9.97 Å². The molecule has 94 valence electrons. The Kier molecular flexibility index (Phi) is 3.46. The molecule has 0 bridgehead atoms. The molecule has 1 heterocycles. The van der Waals surface area contributed by atoms with Crippen molar-refractivity contribution in [3.05, 3.63) is 41.2 Å². The summed E-state index contributed by atoms with van der Waals surface area (Å²) in [5.74, 6) is 2.20. The van der Waals surface area contributed by atoms with Crippen molar-refractivity contribution >= 4 is 5.82 Å². The normalized spacial score (nSPS) is 10.2. The fourth-order valence-corrected chi connectivity index (χ4v) is 1.71. The van der Waals surface area contributed by atoms with Crippen LogP contribution in [-0.2, 0) is 0 Å². The quantitative estimate of drug-likeness (QED) is 0.899. The number of hydrogen-bond donors (Lipinski definition) is 1. The van der Waals surface area contributed by atoms with E-state index >= 15 is 0 Å². The maximum absolute atomic E-state index is 5.87. The Morgan fingerprint density at radius 1 is 1.11 bits per heavy atom. The molecule has 18 heavy (non-hydrogen) atoms. The minimum atomic E-state index is 0.586. The molecular formula is C14H17N3O. The summed E-state index contributed by atoms with van der Waals surface area (Å²) in [6, 6.07) is 6.12. The van der Waals surface area contributed by atoms with E-state index in [9.17, 15) is 0 Å². The molecule has 0 radical (unpaired) electrons. The highest BCUT2D eigenvalue weighted by Gasteiger charge is 2.09. The van der Waals surface area contributed by atoms with Crippen LogP contribution in [0.1, 0.15) is 16.7 Å². The Bertz CT molecular complexity index is 567. The number of aryl methyl sites for hydroxylation is 2. The number of anilines is 1. The molecule has 2 rings (SSSR count). The van der Waals surface area contributed by atoms with Gasteiger partial charge >= 0.3 is 0 Å². The van der Waals surface area contributed by atoms with Gasteiger partial charge in [-0.05, 0) is 38.0 Å². The molecule has 0 spiro atoms. The molecule has 1 aromatic carbocycles. The predicted octanol–water partition coefficient (Wildman–Crippen LogP) is 3.24. The highest BCUT2D eigenvalue weighted by atomic mass is 16.5. The molecule has 0 atom stereocenters. The third kappa shape index (κ3) is 2.42. The number of rotatable bonds is 3. The minimum Gasteiger partial charge on any atom is -0.438 e. The van der Waals surface area contributed by atoms with Crippen LogP contribution >= 0.6 is 0 Å². The molecule has 0 unspecified atom stereocenters. The van der Waals surface area contributed by atoms with Crippen LogP contribution in [0.25, 0.3) is 0 Å². The first-order valence-electron chi connectivity index (χ1n) is 5.86. The van der Waals surface area contributed by atoms with Gasteiger partial charge in [-0.15, -0.1) is 0 Å². The first-order valence-corrected chi connectivity index (χ1v) is 5.86. The lowest BCUT2D eigenvalue weighted by molar-refractivity contribution is 0.454. The monoisotopic (exact) mass is 243 g/mol. The van der Waals surface area contributed by atoms with Gasteiger partial charge in [0.2, 0.25) is 5.88 Å². The molecule has 0 aliphatic heterocycles.